The van der Waals surface area contributed by atoms with Gasteiger partial charge in [0.2, 0.25) is 5.91 Å². The van der Waals surface area contributed by atoms with E-state index in [4.69, 9.17) is 0 Å². The van der Waals surface area contributed by atoms with Crippen LogP contribution in [0.4, 0.5) is 5.69 Å². The molecule has 0 aliphatic carbocycles. The standard InChI is InChI=1S/C13H16N4O3/c1-7(6-14-2)11(18)15-9-5-3-4-8-10(9)13(20)17-16-12(8)19/h3-5,7,14H,6H2,1-2H3,(H,15,18)(H,16,19)(H,17,20). The number of anilines is 1. The van der Waals surface area contributed by atoms with Crippen molar-refractivity contribution in [2.45, 2.75) is 6.92 Å². The summed E-state index contributed by atoms with van der Waals surface area (Å²) in [7, 11) is 1.76. The van der Waals surface area contributed by atoms with Gasteiger partial charge < -0.3 is 10.6 Å². The molecule has 1 unspecified atom stereocenters. The second-order valence-corrected chi connectivity index (χ2v) is 4.58. The zero-order valence-electron chi connectivity index (χ0n) is 11.2. The van der Waals surface area contributed by atoms with Crippen LogP contribution in [0.3, 0.4) is 0 Å². The summed E-state index contributed by atoms with van der Waals surface area (Å²) in [6.07, 6.45) is 0. The van der Waals surface area contributed by atoms with E-state index < -0.39 is 11.1 Å². The van der Waals surface area contributed by atoms with Crippen molar-refractivity contribution in [1.29, 1.82) is 0 Å². The van der Waals surface area contributed by atoms with Crippen LogP contribution in [0.2, 0.25) is 0 Å². The van der Waals surface area contributed by atoms with E-state index in [9.17, 15) is 14.4 Å². The Morgan fingerprint density at radius 3 is 2.65 bits per heavy atom. The van der Waals surface area contributed by atoms with Gasteiger partial charge in [0.25, 0.3) is 11.1 Å². The van der Waals surface area contributed by atoms with Crippen LogP contribution in [-0.2, 0) is 4.79 Å². The van der Waals surface area contributed by atoms with Crippen molar-refractivity contribution in [2.75, 3.05) is 18.9 Å². The third-order valence-corrected chi connectivity index (χ3v) is 3.04. The molecule has 2 aromatic rings. The number of benzene rings is 1. The Labute approximate surface area is 114 Å². The van der Waals surface area contributed by atoms with E-state index in [1.54, 1.807) is 26.1 Å². The molecule has 0 saturated carbocycles. The van der Waals surface area contributed by atoms with Crippen molar-refractivity contribution in [3.05, 3.63) is 38.9 Å². The number of aromatic nitrogens is 2. The molecule has 0 aliphatic rings. The van der Waals surface area contributed by atoms with E-state index in [1.807, 2.05) is 0 Å². The minimum Gasteiger partial charge on any atom is -0.325 e. The van der Waals surface area contributed by atoms with E-state index >= 15 is 0 Å². The van der Waals surface area contributed by atoms with E-state index in [0.717, 1.165) is 0 Å². The van der Waals surface area contributed by atoms with Gasteiger partial charge in [-0.05, 0) is 19.2 Å². The Morgan fingerprint density at radius 1 is 1.25 bits per heavy atom. The fraction of sp³-hybridized carbons (Fsp3) is 0.308. The highest BCUT2D eigenvalue weighted by molar-refractivity contribution is 6.02. The Balaban J connectivity index is 2.46. The molecule has 0 bridgehead atoms. The SMILES string of the molecule is CNCC(C)C(=O)Nc1cccc2c(=O)[nH][nH]c(=O)c12. The summed E-state index contributed by atoms with van der Waals surface area (Å²) < 4.78 is 0. The van der Waals surface area contributed by atoms with Crippen LogP contribution in [0.5, 0.6) is 0 Å². The van der Waals surface area contributed by atoms with Crippen LogP contribution in [0.25, 0.3) is 10.8 Å². The van der Waals surface area contributed by atoms with Gasteiger partial charge in [-0.3, -0.25) is 24.6 Å². The Hall–Kier alpha value is -2.41. The summed E-state index contributed by atoms with van der Waals surface area (Å²) >= 11 is 0. The van der Waals surface area contributed by atoms with E-state index in [-0.39, 0.29) is 22.6 Å². The number of aromatic amines is 2. The molecule has 2 rings (SSSR count). The smallest absolute Gasteiger partial charge is 0.272 e. The second kappa shape index (κ2) is 5.70. The molecule has 106 valence electrons. The first kappa shape index (κ1) is 14.0. The van der Waals surface area contributed by atoms with Gasteiger partial charge in [0, 0.05) is 12.5 Å². The first-order chi connectivity index (χ1) is 9.54. The third kappa shape index (κ3) is 2.62. The van der Waals surface area contributed by atoms with Gasteiger partial charge in [-0.15, -0.1) is 0 Å². The third-order valence-electron chi connectivity index (χ3n) is 3.04. The molecule has 0 radical (unpaired) electrons. The molecule has 4 N–H and O–H groups in total. The Bertz CT molecular complexity index is 747. The maximum atomic E-state index is 12.0. The first-order valence-electron chi connectivity index (χ1n) is 6.23. The number of nitrogens with one attached hydrogen (secondary N) is 4. The average Bonchev–Trinajstić information content (AvgIpc) is 2.43. The average molecular weight is 276 g/mol. The maximum absolute atomic E-state index is 12.0. The van der Waals surface area contributed by atoms with Crippen LogP contribution in [0.1, 0.15) is 6.92 Å². The first-order valence-corrected chi connectivity index (χ1v) is 6.23. The number of fused-ring (bicyclic) bond motifs is 1. The number of hydrogen-bond acceptors (Lipinski definition) is 4. The zero-order chi connectivity index (χ0) is 14.7. The molecule has 1 heterocycles. The van der Waals surface area contributed by atoms with Crippen molar-refractivity contribution in [2.24, 2.45) is 5.92 Å². The molecule has 7 nitrogen and oxygen atoms in total. The molecule has 0 spiro atoms. The summed E-state index contributed by atoms with van der Waals surface area (Å²) in [6, 6.07) is 4.76. The summed E-state index contributed by atoms with van der Waals surface area (Å²) in [4.78, 5) is 35.5. The summed E-state index contributed by atoms with van der Waals surface area (Å²) in [6.45, 7) is 2.29. The molecule has 20 heavy (non-hydrogen) atoms. The summed E-state index contributed by atoms with van der Waals surface area (Å²) in [5, 5.41) is 10.5. The van der Waals surface area contributed by atoms with Crippen molar-refractivity contribution in [3.63, 3.8) is 0 Å². The molecule has 1 aromatic carbocycles. The molecule has 1 atom stereocenters. The molecule has 0 fully saturated rings. The Kier molecular flexibility index (Phi) is 3.99. The lowest BCUT2D eigenvalue weighted by atomic mass is 10.1. The van der Waals surface area contributed by atoms with Gasteiger partial charge in [0.05, 0.1) is 16.5 Å². The largest absolute Gasteiger partial charge is 0.325 e. The molecule has 0 saturated heterocycles. The normalized spacial score (nSPS) is 12.3. The number of hydrogen-bond donors (Lipinski definition) is 4. The van der Waals surface area contributed by atoms with Crippen molar-refractivity contribution in [1.82, 2.24) is 15.5 Å². The number of H-pyrrole nitrogens is 2. The van der Waals surface area contributed by atoms with E-state index in [1.165, 1.54) is 6.07 Å². The summed E-state index contributed by atoms with van der Waals surface area (Å²) in [5.74, 6) is -0.470. The van der Waals surface area contributed by atoms with Gasteiger partial charge in [0.1, 0.15) is 0 Å². The topological polar surface area (TPSA) is 107 Å². The zero-order valence-corrected chi connectivity index (χ0v) is 11.2. The van der Waals surface area contributed by atoms with E-state index in [2.05, 4.69) is 20.8 Å². The highest BCUT2D eigenvalue weighted by atomic mass is 16.2. The van der Waals surface area contributed by atoms with Gasteiger partial charge >= 0.3 is 0 Å². The second-order valence-electron chi connectivity index (χ2n) is 4.58. The predicted octanol–water partition coefficient (Wildman–Crippen LogP) is 0.0104. The molecule has 7 heteroatoms. The minimum absolute atomic E-state index is 0.182. The molecule has 1 amide bonds. The van der Waals surface area contributed by atoms with Gasteiger partial charge in [-0.1, -0.05) is 13.0 Å². The highest BCUT2D eigenvalue weighted by Crippen LogP contribution is 2.17. The van der Waals surface area contributed by atoms with Gasteiger partial charge in [-0.2, -0.15) is 0 Å². The maximum Gasteiger partial charge on any atom is 0.272 e. The predicted molar refractivity (Wildman–Crippen MR) is 76.9 cm³/mol. The fourth-order valence-corrected chi connectivity index (χ4v) is 1.99. The number of rotatable bonds is 4. The molecular formula is C13H16N4O3. The van der Waals surface area contributed by atoms with Crippen molar-refractivity contribution >= 4 is 22.4 Å². The van der Waals surface area contributed by atoms with Crippen molar-refractivity contribution < 1.29 is 4.79 Å². The van der Waals surface area contributed by atoms with Gasteiger partial charge in [0.15, 0.2) is 0 Å². The lowest BCUT2D eigenvalue weighted by Crippen LogP contribution is -2.29. The molecule has 1 aromatic heterocycles. The van der Waals surface area contributed by atoms with E-state index in [0.29, 0.717) is 12.2 Å². The van der Waals surface area contributed by atoms with Crippen molar-refractivity contribution in [3.8, 4) is 0 Å². The number of carbonyl (C=O) groups excluding carboxylic acids is 1. The fourth-order valence-electron chi connectivity index (χ4n) is 1.99. The highest BCUT2D eigenvalue weighted by Gasteiger charge is 2.15. The minimum atomic E-state index is -0.447. The molecular weight excluding hydrogens is 260 g/mol. The Morgan fingerprint density at radius 2 is 1.95 bits per heavy atom. The van der Waals surface area contributed by atoms with Gasteiger partial charge in [-0.25, -0.2) is 0 Å². The van der Waals surface area contributed by atoms with Crippen LogP contribution < -0.4 is 21.8 Å². The van der Waals surface area contributed by atoms with Crippen LogP contribution in [0, 0.1) is 5.92 Å². The monoisotopic (exact) mass is 276 g/mol. The number of amides is 1. The van der Waals surface area contributed by atoms with Crippen LogP contribution in [0.15, 0.2) is 27.8 Å². The van der Waals surface area contributed by atoms with Crippen LogP contribution >= 0.6 is 0 Å². The lowest BCUT2D eigenvalue weighted by Gasteiger charge is -2.12. The molecule has 0 aliphatic heterocycles. The lowest BCUT2D eigenvalue weighted by molar-refractivity contribution is -0.119. The van der Waals surface area contributed by atoms with Crippen LogP contribution in [-0.4, -0.2) is 29.7 Å². The quantitative estimate of drug-likeness (QED) is 0.631. The number of carbonyl (C=O) groups is 1. The summed E-state index contributed by atoms with van der Waals surface area (Å²) in [5.41, 5.74) is -0.515.